The second-order valence-corrected chi connectivity index (χ2v) is 5.81. The zero-order valence-electron chi connectivity index (χ0n) is 12.6. The number of benzene rings is 2. The first-order valence-electron chi connectivity index (χ1n) is 7.46. The van der Waals surface area contributed by atoms with Crippen LogP contribution in [-0.2, 0) is 4.79 Å². The van der Waals surface area contributed by atoms with E-state index in [4.69, 9.17) is 12.2 Å². The van der Waals surface area contributed by atoms with Gasteiger partial charge in [0.05, 0.1) is 16.2 Å². The second-order valence-electron chi connectivity index (χ2n) is 5.37. The number of hydrogen-bond donors (Lipinski definition) is 2. The molecule has 0 aromatic heterocycles. The third-order valence-corrected chi connectivity index (χ3v) is 4.33. The van der Waals surface area contributed by atoms with Gasteiger partial charge in [0.25, 0.3) is 11.7 Å². The minimum Gasteiger partial charge on any atom is -0.349 e. The SMILES string of the molecule is CCC1C(=S)Nc2ccccc21.O=C1Nc2ccccc2C1=O. The summed E-state index contributed by atoms with van der Waals surface area (Å²) in [6.07, 6.45) is 1.09. The maximum atomic E-state index is 11.0. The molecular weight excluding hydrogens is 308 g/mol. The molecule has 2 aromatic carbocycles. The van der Waals surface area contributed by atoms with Gasteiger partial charge in [0.15, 0.2) is 0 Å². The predicted molar refractivity (Wildman–Crippen MR) is 95.1 cm³/mol. The minimum atomic E-state index is -0.536. The highest BCUT2D eigenvalue weighted by Gasteiger charge is 2.26. The van der Waals surface area contributed by atoms with E-state index in [0.717, 1.165) is 11.4 Å². The lowest BCUT2D eigenvalue weighted by molar-refractivity contribution is -0.112. The Morgan fingerprint density at radius 3 is 2.30 bits per heavy atom. The van der Waals surface area contributed by atoms with Crippen LogP contribution in [0.15, 0.2) is 48.5 Å². The van der Waals surface area contributed by atoms with Crippen molar-refractivity contribution in [1.29, 1.82) is 0 Å². The number of para-hydroxylation sites is 2. The summed E-state index contributed by atoms with van der Waals surface area (Å²) < 4.78 is 0. The van der Waals surface area contributed by atoms with Crippen molar-refractivity contribution >= 4 is 40.3 Å². The van der Waals surface area contributed by atoms with Gasteiger partial charge in [-0.15, -0.1) is 0 Å². The molecule has 5 heteroatoms. The maximum Gasteiger partial charge on any atom is 0.296 e. The number of amides is 1. The Labute approximate surface area is 139 Å². The van der Waals surface area contributed by atoms with Crippen molar-refractivity contribution in [3.8, 4) is 0 Å². The average Bonchev–Trinajstić information content (AvgIpc) is 3.04. The third-order valence-electron chi connectivity index (χ3n) is 3.94. The highest BCUT2D eigenvalue weighted by atomic mass is 32.1. The molecule has 116 valence electrons. The van der Waals surface area contributed by atoms with Gasteiger partial charge in [-0.05, 0) is 30.2 Å². The zero-order chi connectivity index (χ0) is 16.4. The summed E-state index contributed by atoms with van der Waals surface area (Å²) in [4.78, 5) is 22.7. The molecule has 2 heterocycles. The fourth-order valence-electron chi connectivity index (χ4n) is 2.77. The number of hydrogen-bond acceptors (Lipinski definition) is 3. The van der Waals surface area contributed by atoms with Crippen LogP contribution >= 0.6 is 12.2 Å². The van der Waals surface area contributed by atoms with E-state index in [0.29, 0.717) is 17.2 Å². The van der Waals surface area contributed by atoms with E-state index in [2.05, 4.69) is 35.8 Å². The molecule has 0 aliphatic carbocycles. The molecule has 0 spiro atoms. The summed E-state index contributed by atoms with van der Waals surface area (Å²) >= 11 is 5.23. The Hall–Kier alpha value is -2.53. The van der Waals surface area contributed by atoms with Gasteiger partial charge in [-0.3, -0.25) is 9.59 Å². The second kappa shape index (κ2) is 6.30. The Morgan fingerprint density at radius 1 is 0.957 bits per heavy atom. The molecular formula is C18H16N2O2S. The molecule has 0 saturated carbocycles. The Bertz CT molecular complexity index is 801. The van der Waals surface area contributed by atoms with Gasteiger partial charge < -0.3 is 10.6 Å². The fourth-order valence-corrected chi connectivity index (χ4v) is 3.18. The summed E-state index contributed by atoms with van der Waals surface area (Å²) in [7, 11) is 0. The number of rotatable bonds is 1. The van der Waals surface area contributed by atoms with E-state index in [1.165, 1.54) is 11.3 Å². The summed E-state index contributed by atoms with van der Waals surface area (Å²) in [5.74, 6) is -0.539. The molecule has 0 bridgehead atoms. The first-order valence-corrected chi connectivity index (χ1v) is 7.87. The largest absolute Gasteiger partial charge is 0.349 e. The molecule has 23 heavy (non-hydrogen) atoms. The van der Waals surface area contributed by atoms with Crippen molar-refractivity contribution in [1.82, 2.24) is 0 Å². The van der Waals surface area contributed by atoms with E-state index < -0.39 is 11.7 Å². The lowest BCUT2D eigenvalue weighted by Gasteiger charge is -2.04. The molecule has 2 aromatic rings. The molecule has 1 amide bonds. The minimum absolute atomic E-state index is 0.441. The van der Waals surface area contributed by atoms with E-state index in [1.807, 2.05) is 6.07 Å². The summed E-state index contributed by atoms with van der Waals surface area (Å²) in [5, 5.41) is 5.69. The van der Waals surface area contributed by atoms with Gasteiger partial charge in [0.2, 0.25) is 0 Å². The summed E-state index contributed by atoms with van der Waals surface area (Å²) in [6.45, 7) is 2.17. The van der Waals surface area contributed by atoms with Crippen molar-refractivity contribution in [2.75, 3.05) is 10.6 Å². The van der Waals surface area contributed by atoms with Crippen molar-refractivity contribution < 1.29 is 9.59 Å². The molecule has 1 atom stereocenters. The summed E-state index contributed by atoms with van der Waals surface area (Å²) in [5.41, 5.74) is 3.62. The molecule has 4 rings (SSSR count). The van der Waals surface area contributed by atoms with Crippen LogP contribution in [0.4, 0.5) is 11.4 Å². The quantitative estimate of drug-likeness (QED) is 0.619. The smallest absolute Gasteiger partial charge is 0.296 e. The highest BCUT2D eigenvalue weighted by molar-refractivity contribution is 7.80. The number of fused-ring (bicyclic) bond motifs is 2. The molecule has 0 saturated heterocycles. The monoisotopic (exact) mass is 324 g/mol. The normalized spacial score (nSPS) is 17.6. The number of thiocarbonyl (C=S) groups is 1. The number of carbonyl (C=O) groups excluding carboxylic acids is 2. The number of Topliss-reactive ketones (excluding diaryl/α,β-unsaturated/α-hetero) is 1. The van der Waals surface area contributed by atoms with Crippen molar-refractivity contribution in [2.24, 2.45) is 0 Å². The van der Waals surface area contributed by atoms with Crippen molar-refractivity contribution in [3.05, 3.63) is 59.7 Å². The van der Waals surface area contributed by atoms with Crippen LogP contribution in [0.2, 0.25) is 0 Å². The van der Waals surface area contributed by atoms with Crippen LogP contribution < -0.4 is 10.6 Å². The van der Waals surface area contributed by atoms with Crippen molar-refractivity contribution in [2.45, 2.75) is 19.3 Å². The highest BCUT2D eigenvalue weighted by Crippen LogP contribution is 2.34. The van der Waals surface area contributed by atoms with E-state index in [-0.39, 0.29) is 0 Å². The number of anilines is 2. The van der Waals surface area contributed by atoms with E-state index in [1.54, 1.807) is 24.3 Å². The average molecular weight is 324 g/mol. The first kappa shape index (κ1) is 15.4. The molecule has 1 unspecified atom stereocenters. The van der Waals surface area contributed by atoms with Crippen molar-refractivity contribution in [3.63, 3.8) is 0 Å². The van der Waals surface area contributed by atoms with Gasteiger partial charge >= 0.3 is 0 Å². The first-order chi connectivity index (χ1) is 11.1. The van der Waals surface area contributed by atoms with E-state index >= 15 is 0 Å². The molecule has 2 aliphatic rings. The number of carbonyl (C=O) groups is 2. The molecule has 4 nitrogen and oxygen atoms in total. The topological polar surface area (TPSA) is 58.2 Å². The van der Waals surface area contributed by atoms with Crippen LogP contribution in [0.3, 0.4) is 0 Å². The lowest BCUT2D eigenvalue weighted by atomic mass is 9.99. The van der Waals surface area contributed by atoms with Gasteiger partial charge in [-0.2, -0.15) is 0 Å². The van der Waals surface area contributed by atoms with Gasteiger partial charge in [-0.25, -0.2) is 0 Å². The third kappa shape index (κ3) is 2.87. The molecule has 0 fully saturated rings. The van der Waals surface area contributed by atoms with Gasteiger partial charge in [0, 0.05) is 11.6 Å². The standard InChI is InChI=1S/C10H11NS.C8H5NO2/c1-2-7-8-5-3-4-6-9(8)11-10(7)12;10-7-5-3-1-2-4-6(5)9-8(7)11/h3-7H,2H2,1H3,(H,11,12);1-4H,(H,9,10,11). The molecule has 0 radical (unpaired) electrons. The van der Waals surface area contributed by atoms with Crippen LogP contribution in [0, 0.1) is 0 Å². The lowest BCUT2D eigenvalue weighted by Crippen LogP contribution is -2.12. The molecule has 2 aliphatic heterocycles. The number of nitrogens with one attached hydrogen (secondary N) is 2. The Kier molecular flexibility index (Phi) is 4.21. The maximum absolute atomic E-state index is 11.0. The van der Waals surface area contributed by atoms with Crippen LogP contribution in [0.1, 0.15) is 35.2 Å². The Morgan fingerprint density at radius 2 is 1.61 bits per heavy atom. The van der Waals surface area contributed by atoms with E-state index in [9.17, 15) is 9.59 Å². The predicted octanol–water partition coefficient (Wildman–Crippen LogP) is 3.75. The summed E-state index contributed by atoms with van der Waals surface area (Å²) in [6, 6.07) is 15.2. The van der Waals surface area contributed by atoms with Crippen LogP contribution in [0.25, 0.3) is 0 Å². The Balaban J connectivity index is 0.000000136. The van der Waals surface area contributed by atoms with Gasteiger partial charge in [-0.1, -0.05) is 49.5 Å². The number of ketones is 1. The van der Waals surface area contributed by atoms with Crippen LogP contribution in [-0.4, -0.2) is 16.7 Å². The van der Waals surface area contributed by atoms with Gasteiger partial charge in [0.1, 0.15) is 0 Å². The molecule has 2 N–H and O–H groups in total. The zero-order valence-corrected chi connectivity index (χ0v) is 13.4. The fraction of sp³-hybridized carbons (Fsp3) is 0.167. The van der Waals surface area contributed by atoms with Crippen LogP contribution in [0.5, 0.6) is 0 Å².